The number of amides is 1. The van der Waals surface area contributed by atoms with Gasteiger partial charge in [0.05, 0.1) is 0 Å². The van der Waals surface area contributed by atoms with Gasteiger partial charge in [0, 0.05) is 35.8 Å². The molecule has 0 radical (unpaired) electrons. The van der Waals surface area contributed by atoms with Crippen molar-refractivity contribution in [2.75, 3.05) is 13.1 Å². The van der Waals surface area contributed by atoms with E-state index in [2.05, 4.69) is 11.9 Å². The molecule has 2 aromatic rings. The van der Waals surface area contributed by atoms with Gasteiger partial charge in [0.25, 0.3) is 5.91 Å². The number of likely N-dealkylation sites (tertiary alicyclic amines) is 1. The number of carbonyl (C=O) groups is 1. The van der Waals surface area contributed by atoms with Crippen molar-refractivity contribution in [1.82, 2.24) is 9.88 Å². The lowest BCUT2D eigenvalue weighted by molar-refractivity contribution is 0.0573. The summed E-state index contributed by atoms with van der Waals surface area (Å²) in [5.41, 5.74) is 6.61. The summed E-state index contributed by atoms with van der Waals surface area (Å²) in [7, 11) is 0. The van der Waals surface area contributed by atoms with Crippen molar-refractivity contribution in [1.29, 1.82) is 0 Å². The van der Waals surface area contributed by atoms with Gasteiger partial charge in [-0.3, -0.25) is 4.79 Å². The fourth-order valence-electron chi connectivity index (χ4n) is 3.10. The second-order valence-electron chi connectivity index (χ2n) is 6.31. The number of hydrogen-bond acceptors (Lipinski definition) is 4. The van der Waals surface area contributed by atoms with Crippen molar-refractivity contribution in [2.45, 2.75) is 35.7 Å². The van der Waals surface area contributed by atoms with Gasteiger partial charge in [0.15, 0.2) is 0 Å². The average Bonchev–Trinajstić information content (AvgIpc) is 2.62. The molecule has 2 N–H and O–H groups in total. The SMILES string of the molecule is CC1CCN(C(=O)c2ccc(Sc3ccccn3)cc2)C(CN)C1. The third-order valence-electron chi connectivity index (χ3n) is 4.47. The van der Waals surface area contributed by atoms with Gasteiger partial charge in [-0.25, -0.2) is 4.98 Å². The van der Waals surface area contributed by atoms with Crippen molar-refractivity contribution in [3.63, 3.8) is 0 Å². The summed E-state index contributed by atoms with van der Waals surface area (Å²) in [6.45, 7) is 3.56. The molecule has 3 rings (SSSR count). The van der Waals surface area contributed by atoms with E-state index in [-0.39, 0.29) is 11.9 Å². The summed E-state index contributed by atoms with van der Waals surface area (Å²) in [5, 5.41) is 0.949. The van der Waals surface area contributed by atoms with Crippen molar-refractivity contribution in [3.8, 4) is 0 Å². The van der Waals surface area contributed by atoms with Crippen LogP contribution < -0.4 is 5.73 Å². The Kier molecular flexibility index (Phi) is 5.53. The van der Waals surface area contributed by atoms with Crippen LogP contribution in [0.1, 0.15) is 30.1 Å². The fourth-order valence-corrected chi connectivity index (χ4v) is 3.88. The van der Waals surface area contributed by atoms with E-state index in [1.807, 2.05) is 47.4 Å². The van der Waals surface area contributed by atoms with Crippen LogP contribution >= 0.6 is 11.8 Å². The van der Waals surface area contributed by atoms with Gasteiger partial charge in [-0.05, 0) is 55.2 Å². The first kappa shape index (κ1) is 17.0. The Labute approximate surface area is 147 Å². The Morgan fingerprint density at radius 1 is 1.29 bits per heavy atom. The van der Waals surface area contributed by atoms with Gasteiger partial charge < -0.3 is 10.6 Å². The zero-order valence-corrected chi connectivity index (χ0v) is 14.7. The van der Waals surface area contributed by atoms with Crippen LogP contribution in [0.4, 0.5) is 0 Å². The number of nitrogens with two attached hydrogens (primary N) is 1. The maximum atomic E-state index is 12.8. The highest BCUT2D eigenvalue weighted by molar-refractivity contribution is 7.99. The standard InChI is InChI=1S/C19H23N3OS/c1-14-9-11-22(16(12-14)13-20)19(23)15-5-7-17(8-6-15)24-18-4-2-3-10-21-18/h2-8,10,14,16H,9,11-13,20H2,1H3. The average molecular weight is 341 g/mol. The Morgan fingerprint density at radius 3 is 2.75 bits per heavy atom. The molecule has 0 saturated carbocycles. The van der Waals surface area contributed by atoms with E-state index in [9.17, 15) is 4.79 Å². The van der Waals surface area contributed by atoms with Crippen LogP contribution in [0.15, 0.2) is 58.6 Å². The molecule has 2 atom stereocenters. The topological polar surface area (TPSA) is 59.2 Å². The van der Waals surface area contributed by atoms with Gasteiger partial charge in [-0.1, -0.05) is 24.8 Å². The number of hydrogen-bond donors (Lipinski definition) is 1. The van der Waals surface area contributed by atoms with Crippen LogP contribution in [-0.4, -0.2) is 34.9 Å². The number of nitrogens with zero attached hydrogens (tertiary/aromatic N) is 2. The Hall–Kier alpha value is -1.85. The van der Waals surface area contributed by atoms with Gasteiger partial charge in [0.1, 0.15) is 5.03 Å². The first-order valence-corrected chi connectivity index (χ1v) is 9.19. The smallest absolute Gasteiger partial charge is 0.254 e. The molecule has 2 unspecified atom stereocenters. The molecule has 1 fully saturated rings. The molecular weight excluding hydrogens is 318 g/mol. The lowest BCUT2D eigenvalue weighted by Crippen LogP contribution is -2.49. The highest BCUT2D eigenvalue weighted by Gasteiger charge is 2.29. The number of aromatic nitrogens is 1. The van der Waals surface area contributed by atoms with Crippen molar-refractivity contribution in [2.24, 2.45) is 11.7 Å². The van der Waals surface area contributed by atoms with Crippen LogP contribution in [-0.2, 0) is 0 Å². The van der Waals surface area contributed by atoms with Crippen molar-refractivity contribution >= 4 is 17.7 Å². The van der Waals surface area contributed by atoms with Gasteiger partial charge in [-0.2, -0.15) is 0 Å². The van der Waals surface area contributed by atoms with E-state index in [1.54, 1.807) is 18.0 Å². The molecule has 4 nitrogen and oxygen atoms in total. The lowest BCUT2D eigenvalue weighted by atomic mass is 9.92. The van der Waals surface area contributed by atoms with Crippen molar-refractivity contribution < 1.29 is 4.79 Å². The normalized spacial score (nSPS) is 20.8. The number of pyridine rings is 1. The van der Waals surface area contributed by atoms with Crippen LogP contribution in [0.3, 0.4) is 0 Å². The number of carbonyl (C=O) groups excluding carboxylic acids is 1. The molecule has 1 amide bonds. The summed E-state index contributed by atoms with van der Waals surface area (Å²) in [4.78, 5) is 20.1. The summed E-state index contributed by atoms with van der Waals surface area (Å²) in [5.74, 6) is 0.728. The molecule has 2 heterocycles. The molecule has 1 aromatic carbocycles. The van der Waals surface area contributed by atoms with E-state index < -0.39 is 0 Å². The molecule has 1 aliphatic heterocycles. The van der Waals surface area contributed by atoms with E-state index in [0.717, 1.165) is 34.9 Å². The molecule has 126 valence electrons. The maximum Gasteiger partial charge on any atom is 0.254 e. The highest BCUT2D eigenvalue weighted by atomic mass is 32.2. The second-order valence-corrected chi connectivity index (χ2v) is 7.41. The Bertz CT molecular complexity index is 675. The molecule has 0 bridgehead atoms. The molecule has 1 aromatic heterocycles. The number of rotatable bonds is 4. The highest BCUT2D eigenvalue weighted by Crippen LogP contribution is 2.27. The third-order valence-corrected chi connectivity index (χ3v) is 5.43. The number of benzene rings is 1. The molecule has 1 saturated heterocycles. The molecule has 0 aliphatic carbocycles. The largest absolute Gasteiger partial charge is 0.334 e. The molecule has 24 heavy (non-hydrogen) atoms. The monoisotopic (exact) mass is 341 g/mol. The van der Waals surface area contributed by atoms with Crippen LogP contribution in [0.2, 0.25) is 0 Å². The number of piperidine rings is 1. The fraction of sp³-hybridized carbons (Fsp3) is 0.368. The van der Waals surface area contributed by atoms with Gasteiger partial charge in [0.2, 0.25) is 0 Å². The minimum atomic E-state index is 0.0896. The van der Waals surface area contributed by atoms with E-state index >= 15 is 0 Å². The quantitative estimate of drug-likeness (QED) is 0.925. The van der Waals surface area contributed by atoms with Gasteiger partial charge >= 0.3 is 0 Å². The maximum absolute atomic E-state index is 12.8. The molecular formula is C19H23N3OS. The Morgan fingerprint density at radius 2 is 2.08 bits per heavy atom. The van der Waals surface area contributed by atoms with E-state index in [1.165, 1.54) is 0 Å². The van der Waals surface area contributed by atoms with Gasteiger partial charge in [-0.15, -0.1) is 0 Å². The molecule has 5 heteroatoms. The predicted octanol–water partition coefficient (Wildman–Crippen LogP) is 3.43. The zero-order chi connectivity index (χ0) is 16.9. The third kappa shape index (κ3) is 3.97. The van der Waals surface area contributed by atoms with Crippen LogP contribution in [0.25, 0.3) is 0 Å². The van der Waals surface area contributed by atoms with Crippen LogP contribution in [0, 0.1) is 5.92 Å². The minimum absolute atomic E-state index is 0.0896. The lowest BCUT2D eigenvalue weighted by Gasteiger charge is -2.38. The summed E-state index contributed by atoms with van der Waals surface area (Å²) in [6, 6.07) is 13.8. The second kappa shape index (κ2) is 7.81. The first-order chi connectivity index (χ1) is 11.7. The summed E-state index contributed by atoms with van der Waals surface area (Å²) >= 11 is 1.59. The molecule has 0 spiro atoms. The summed E-state index contributed by atoms with van der Waals surface area (Å²) in [6.07, 6.45) is 3.83. The van der Waals surface area contributed by atoms with E-state index in [0.29, 0.717) is 12.5 Å². The predicted molar refractivity (Wildman–Crippen MR) is 97.1 cm³/mol. The Balaban J connectivity index is 1.69. The van der Waals surface area contributed by atoms with Crippen LogP contribution in [0.5, 0.6) is 0 Å². The zero-order valence-electron chi connectivity index (χ0n) is 13.9. The first-order valence-electron chi connectivity index (χ1n) is 8.37. The minimum Gasteiger partial charge on any atom is -0.334 e. The van der Waals surface area contributed by atoms with Crippen molar-refractivity contribution in [3.05, 3.63) is 54.2 Å². The molecule has 1 aliphatic rings. The summed E-state index contributed by atoms with van der Waals surface area (Å²) < 4.78 is 0. The van der Waals surface area contributed by atoms with E-state index in [4.69, 9.17) is 5.73 Å².